The largest absolute Gasteiger partial charge is 0.396 e. The molecule has 0 aromatic heterocycles. The van der Waals surface area contributed by atoms with Crippen LogP contribution in [0.1, 0.15) is 18.4 Å². The monoisotopic (exact) mass is 261 g/mol. The number of unbranched alkanes of at least 4 members (excludes halogenated alkanes) is 1. The highest BCUT2D eigenvalue weighted by Gasteiger charge is 2.03. The van der Waals surface area contributed by atoms with Gasteiger partial charge in [0.2, 0.25) is 0 Å². The predicted octanol–water partition coefficient (Wildman–Crippen LogP) is 3.20. The molecule has 0 spiro atoms. The molecule has 1 aromatic carbocycles. The Bertz CT molecular complexity index is 331. The van der Waals surface area contributed by atoms with Crippen molar-refractivity contribution in [3.8, 4) is 0 Å². The molecule has 90 valence electrons. The van der Waals surface area contributed by atoms with Gasteiger partial charge in [-0.1, -0.05) is 29.3 Å². The molecule has 0 bridgehead atoms. The average molecular weight is 262 g/mol. The van der Waals surface area contributed by atoms with Crippen molar-refractivity contribution in [1.82, 2.24) is 4.90 Å². The highest BCUT2D eigenvalue weighted by molar-refractivity contribution is 6.42. The Kier molecular flexibility index (Phi) is 6.14. The van der Waals surface area contributed by atoms with E-state index >= 15 is 0 Å². The fourth-order valence-electron chi connectivity index (χ4n) is 1.52. The molecule has 0 saturated heterocycles. The first-order valence-corrected chi connectivity index (χ1v) is 6.12. The average Bonchev–Trinajstić information content (AvgIpc) is 2.24. The summed E-state index contributed by atoms with van der Waals surface area (Å²) in [6, 6.07) is 5.70. The quantitative estimate of drug-likeness (QED) is 0.796. The summed E-state index contributed by atoms with van der Waals surface area (Å²) >= 11 is 11.8. The van der Waals surface area contributed by atoms with Gasteiger partial charge in [-0.15, -0.1) is 0 Å². The molecule has 0 aliphatic rings. The first-order chi connectivity index (χ1) is 7.63. The molecule has 1 aromatic rings. The molecule has 0 aliphatic heterocycles. The number of nitrogens with zero attached hydrogens (tertiary/aromatic N) is 1. The van der Waals surface area contributed by atoms with E-state index in [-0.39, 0.29) is 6.61 Å². The van der Waals surface area contributed by atoms with Crippen molar-refractivity contribution < 1.29 is 5.11 Å². The highest BCUT2D eigenvalue weighted by Crippen LogP contribution is 2.23. The molecule has 0 radical (unpaired) electrons. The Morgan fingerprint density at radius 1 is 1.19 bits per heavy atom. The minimum atomic E-state index is 0.264. The second-order valence-electron chi connectivity index (χ2n) is 3.92. The molecule has 0 fully saturated rings. The van der Waals surface area contributed by atoms with Gasteiger partial charge < -0.3 is 10.0 Å². The zero-order chi connectivity index (χ0) is 12.0. The lowest BCUT2D eigenvalue weighted by atomic mass is 10.2. The van der Waals surface area contributed by atoms with Gasteiger partial charge in [-0.2, -0.15) is 0 Å². The number of benzene rings is 1. The van der Waals surface area contributed by atoms with Crippen LogP contribution in [0.25, 0.3) is 0 Å². The third-order valence-corrected chi connectivity index (χ3v) is 3.12. The van der Waals surface area contributed by atoms with Crippen molar-refractivity contribution in [2.75, 3.05) is 20.2 Å². The molecule has 0 atom stereocenters. The van der Waals surface area contributed by atoms with Crippen LogP contribution in [0.5, 0.6) is 0 Å². The number of hydrogen-bond donors (Lipinski definition) is 1. The van der Waals surface area contributed by atoms with Crippen LogP contribution in [0, 0.1) is 0 Å². The van der Waals surface area contributed by atoms with Gasteiger partial charge in [0.25, 0.3) is 0 Å². The molecule has 0 saturated carbocycles. The smallest absolute Gasteiger partial charge is 0.0595 e. The highest BCUT2D eigenvalue weighted by atomic mass is 35.5. The summed E-state index contributed by atoms with van der Waals surface area (Å²) in [6.07, 6.45) is 1.86. The van der Waals surface area contributed by atoms with Crippen LogP contribution in [0.15, 0.2) is 18.2 Å². The Morgan fingerprint density at radius 3 is 2.56 bits per heavy atom. The molecule has 0 amide bonds. The molecule has 16 heavy (non-hydrogen) atoms. The molecule has 0 aliphatic carbocycles. The van der Waals surface area contributed by atoms with Crippen molar-refractivity contribution in [2.45, 2.75) is 19.4 Å². The normalized spacial score (nSPS) is 11.1. The van der Waals surface area contributed by atoms with E-state index in [0.29, 0.717) is 10.0 Å². The zero-order valence-electron chi connectivity index (χ0n) is 9.42. The van der Waals surface area contributed by atoms with Crippen molar-refractivity contribution in [3.05, 3.63) is 33.8 Å². The first-order valence-electron chi connectivity index (χ1n) is 5.37. The topological polar surface area (TPSA) is 23.5 Å². The summed E-state index contributed by atoms with van der Waals surface area (Å²) in [5.74, 6) is 0. The summed E-state index contributed by atoms with van der Waals surface area (Å²) in [5, 5.41) is 9.88. The molecule has 1 rings (SSSR count). The molecule has 1 N–H and O–H groups in total. The van der Waals surface area contributed by atoms with E-state index < -0.39 is 0 Å². The minimum absolute atomic E-state index is 0.264. The van der Waals surface area contributed by atoms with Crippen molar-refractivity contribution >= 4 is 23.2 Å². The van der Waals surface area contributed by atoms with E-state index in [1.54, 1.807) is 0 Å². The summed E-state index contributed by atoms with van der Waals surface area (Å²) < 4.78 is 0. The van der Waals surface area contributed by atoms with E-state index in [1.165, 1.54) is 0 Å². The van der Waals surface area contributed by atoms with E-state index in [4.69, 9.17) is 28.3 Å². The summed E-state index contributed by atoms with van der Waals surface area (Å²) in [7, 11) is 2.06. The van der Waals surface area contributed by atoms with Gasteiger partial charge >= 0.3 is 0 Å². The first kappa shape index (κ1) is 13.8. The van der Waals surface area contributed by atoms with E-state index in [1.807, 2.05) is 18.2 Å². The standard InChI is InChI=1S/C12H17Cl2NO/c1-15(6-2-3-7-16)9-10-4-5-11(13)12(14)8-10/h4-5,8,16H,2-3,6-7,9H2,1H3. The summed E-state index contributed by atoms with van der Waals surface area (Å²) in [5.41, 5.74) is 1.15. The second-order valence-corrected chi connectivity index (χ2v) is 4.73. The van der Waals surface area contributed by atoms with Gasteiger partial charge in [0.05, 0.1) is 10.0 Å². The number of aliphatic hydroxyl groups is 1. The summed E-state index contributed by atoms with van der Waals surface area (Å²) in [4.78, 5) is 2.20. The third-order valence-electron chi connectivity index (χ3n) is 2.38. The fourth-order valence-corrected chi connectivity index (χ4v) is 1.84. The van der Waals surface area contributed by atoms with Crippen molar-refractivity contribution in [3.63, 3.8) is 0 Å². The Hall–Kier alpha value is -0.280. The van der Waals surface area contributed by atoms with E-state index in [0.717, 1.165) is 31.5 Å². The molecule has 0 heterocycles. The number of hydrogen-bond acceptors (Lipinski definition) is 2. The van der Waals surface area contributed by atoms with Crippen LogP contribution < -0.4 is 0 Å². The fraction of sp³-hybridized carbons (Fsp3) is 0.500. The Labute approximate surface area is 107 Å². The van der Waals surface area contributed by atoms with Crippen LogP contribution in [0.2, 0.25) is 10.0 Å². The van der Waals surface area contributed by atoms with Crippen LogP contribution in [-0.4, -0.2) is 30.2 Å². The predicted molar refractivity (Wildman–Crippen MR) is 69.1 cm³/mol. The van der Waals surface area contributed by atoms with Crippen LogP contribution >= 0.6 is 23.2 Å². The van der Waals surface area contributed by atoms with Gasteiger partial charge in [-0.05, 0) is 44.1 Å². The zero-order valence-corrected chi connectivity index (χ0v) is 10.9. The number of rotatable bonds is 6. The maximum absolute atomic E-state index is 8.69. The maximum Gasteiger partial charge on any atom is 0.0595 e. The SMILES string of the molecule is CN(CCCCO)Cc1ccc(Cl)c(Cl)c1. The number of aliphatic hydroxyl groups excluding tert-OH is 1. The van der Waals surface area contributed by atoms with Gasteiger partial charge in [0, 0.05) is 13.2 Å². The molecule has 4 heteroatoms. The number of halogens is 2. The van der Waals surface area contributed by atoms with Crippen LogP contribution in [0.3, 0.4) is 0 Å². The van der Waals surface area contributed by atoms with E-state index in [9.17, 15) is 0 Å². The Morgan fingerprint density at radius 2 is 1.94 bits per heavy atom. The Balaban J connectivity index is 2.43. The van der Waals surface area contributed by atoms with Crippen molar-refractivity contribution in [1.29, 1.82) is 0 Å². The lowest BCUT2D eigenvalue weighted by Gasteiger charge is -2.16. The van der Waals surface area contributed by atoms with Gasteiger partial charge in [-0.25, -0.2) is 0 Å². The van der Waals surface area contributed by atoms with E-state index in [2.05, 4.69) is 11.9 Å². The lowest BCUT2D eigenvalue weighted by molar-refractivity contribution is 0.261. The molecular formula is C12H17Cl2NO. The van der Waals surface area contributed by atoms with Gasteiger partial charge in [0.15, 0.2) is 0 Å². The lowest BCUT2D eigenvalue weighted by Crippen LogP contribution is -2.19. The van der Waals surface area contributed by atoms with Crippen LogP contribution in [-0.2, 0) is 6.54 Å². The molecular weight excluding hydrogens is 245 g/mol. The summed E-state index contributed by atoms with van der Waals surface area (Å²) in [6.45, 7) is 2.09. The third kappa shape index (κ3) is 4.71. The minimum Gasteiger partial charge on any atom is -0.396 e. The van der Waals surface area contributed by atoms with Crippen LogP contribution in [0.4, 0.5) is 0 Å². The maximum atomic E-state index is 8.69. The van der Waals surface area contributed by atoms with Gasteiger partial charge in [-0.3, -0.25) is 0 Å². The van der Waals surface area contributed by atoms with Gasteiger partial charge in [0.1, 0.15) is 0 Å². The molecule has 2 nitrogen and oxygen atoms in total. The van der Waals surface area contributed by atoms with Crippen molar-refractivity contribution in [2.24, 2.45) is 0 Å². The molecule has 0 unspecified atom stereocenters. The second kappa shape index (κ2) is 7.13.